The number of hydrogen-bond donors (Lipinski definition) is 2. The number of anilines is 1. The van der Waals surface area contributed by atoms with Crippen molar-refractivity contribution in [1.29, 1.82) is 0 Å². The lowest BCUT2D eigenvalue weighted by Gasteiger charge is -2.31. The zero-order valence-corrected chi connectivity index (χ0v) is 15.8. The van der Waals surface area contributed by atoms with Crippen molar-refractivity contribution in [3.8, 4) is 0 Å². The van der Waals surface area contributed by atoms with Crippen LogP contribution in [0.5, 0.6) is 0 Å². The van der Waals surface area contributed by atoms with Crippen LogP contribution in [0.3, 0.4) is 0 Å². The summed E-state index contributed by atoms with van der Waals surface area (Å²) in [6.07, 6.45) is 4.77. The molecular formula is C21H27ClN2O2. The smallest absolute Gasteiger partial charge is 0.244 e. The normalized spacial score (nSPS) is 15.7. The number of carbonyl (C=O) groups excluding carboxylic acids is 1. The maximum atomic E-state index is 12.4. The van der Waals surface area contributed by atoms with Crippen LogP contribution < -0.4 is 11.1 Å². The topological polar surface area (TPSA) is 64.4 Å². The zero-order chi connectivity index (χ0) is 17.5. The van der Waals surface area contributed by atoms with Crippen LogP contribution in [0.2, 0.25) is 0 Å². The van der Waals surface area contributed by atoms with E-state index in [2.05, 4.69) is 5.32 Å². The summed E-state index contributed by atoms with van der Waals surface area (Å²) in [5.41, 5.74) is 8.58. The number of carbonyl (C=O) groups is 1. The van der Waals surface area contributed by atoms with Gasteiger partial charge in [0.05, 0.1) is 18.8 Å². The monoisotopic (exact) mass is 374 g/mol. The Labute approximate surface area is 161 Å². The number of rotatable bonds is 6. The standard InChI is InChI=1S/C21H26N2O2.ClH/c22-21(13-5-2-6-14-21)20(24)23-19-11-9-18(10-12-19)16-25-15-17-7-3-1-4-8-17;/h1,3-4,7-12H,2,5-6,13-16,22H2,(H,23,24);1H. The minimum Gasteiger partial charge on any atom is -0.372 e. The van der Waals surface area contributed by atoms with Gasteiger partial charge in [0, 0.05) is 5.69 Å². The van der Waals surface area contributed by atoms with Gasteiger partial charge in [0.1, 0.15) is 0 Å². The van der Waals surface area contributed by atoms with Crippen molar-refractivity contribution < 1.29 is 9.53 Å². The maximum absolute atomic E-state index is 12.4. The number of nitrogens with one attached hydrogen (secondary N) is 1. The summed E-state index contributed by atoms with van der Waals surface area (Å²) in [5.74, 6) is -0.0692. The van der Waals surface area contributed by atoms with Gasteiger partial charge in [0.2, 0.25) is 5.91 Å². The van der Waals surface area contributed by atoms with Crippen LogP contribution in [-0.4, -0.2) is 11.4 Å². The fraction of sp³-hybridized carbons (Fsp3) is 0.381. The van der Waals surface area contributed by atoms with Gasteiger partial charge in [-0.25, -0.2) is 0 Å². The molecule has 3 N–H and O–H groups in total. The van der Waals surface area contributed by atoms with Crippen molar-refractivity contribution in [2.24, 2.45) is 5.73 Å². The van der Waals surface area contributed by atoms with Crippen molar-refractivity contribution in [2.75, 3.05) is 5.32 Å². The van der Waals surface area contributed by atoms with Crippen molar-refractivity contribution in [3.05, 3.63) is 65.7 Å². The van der Waals surface area contributed by atoms with Gasteiger partial charge in [0.25, 0.3) is 0 Å². The predicted molar refractivity (Wildman–Crippen MR) is 107 cm³/mol. The third-order valence-electron chi connectivity index (χ3n) is 4.79. The Morgan fingerprint density at radius 1 is 0.923 bits per heavy atom. The van der Waals surface area contributed by atoms with E-state index in [0.29, 0.717) is 13.2 Å². The lowest BCUT2D eigenvalue weighted by atomic mass is 9.82. The minimum absolute atomic E-state index is 0. The summed E-state index contributed by atoms with van der Waals surface area (Å²) in [7, 11) is 0. The lowest BCUT2D eigenvalue weighted by Crippen LogP contribution is -2.52. The number of amides is 1. The summed E-state index contributed by atoms with van der Waals surface area (Å²) in [6, 6.07) is 17.9. The number of benzene rings is 2. The summed E-state index contributed by atoms with van der Waals surface area (Å²) in [4.78, 5) is 12.4. The summed E-state index contributed by atoms with van der Waals surface area (Å²) >= 11 is 0. The highest BCUT2D eigenvalue weighted by molar-refractivity contribution is 5.98. The fourth-order valence-corrected chi connectivity index (χ4v) is 3.21. The molecule has 4 nitrogen and oxygen atoms in total. The Balaban J connectivity index is 0.00000243. The van der Waals surface area contributed by atoms with Crippen LogP contribution in [0.4, 0.5) is 5.69 Å². The van der Waals surface area contributed by atoms with E-state index in [1.807, 2.05) is 54.6 Å². The fourth-order valence-electron chi connectivity index (χ4n) is 3.21. The second kappa shape index (κ2) is 9.72. The molecule has 2 aromatic rings. The molecule has 0 bridgehead atoms. The SMILES string of the molecule is Cl.NC1(C(=O)Nc2ccc(COCc3ccccc3)cc2)CCCCC1. The quantitative estimate of drug-likeness (QED) is 0.786. The Kier molecular flexibility index (Phi) is 7.64. The molecule has 0 spiro atoms. The first kappa shape index (κ1) is 20.4. The van der Waals surface area contributed by atoms with Gasteiger partial charge < -0.3 is 15.8 Å². The van der Waals surface area contributed by atoms with Gasteiger partial charge in [-0.2, -0.15) is 0 Å². The van der Waals surface area contributed by atoms with Gasteiger partial charge >= 0.3 is 0 Å². The molecular weight excluding hydrogens is 348 g/mol. The number of ether oxygens (including phenoxy) is 1. The van der Waals surface area contributed by atoms with E-state index < -0.39 is 5.54 Å². The number of halogens is 1. The molecule has 1 fully saturated rings. The van der Waals surface area contributed by atoms with E-state index >= 15 is 0 Å². The molecule has 140 valence electrons. The number of hydrogen-bond acceptors (Lipinski definition) is 3. The second-order valence-corrected chi connectivity index (χ2v) is 6.85. The van der Waals surface area contributed by atoms with E-state index in [-0.39, 0.29) is 18.3 Å². The van der Waals surface area contributed by atoms with E-state index in [1.54, 1.807) is 0 Å². The van der Waals surface area contributed by atoms with Crippen LogP contribution >= 0.6 is 12.4 Å². The van der Waals surface area contributed by atoms with Gasteiger partial charge in [-0.3, -0.25) is 4.79 Å². The van der Waals surface area contributed by atoms with Crippen LogP contribution in [0.1, 0.15) is 43.2 Å². The molecule has 26 heavy (non-hydrogen) atoms. The van der Waals surface area contributed by atoms with Gasteiger partial charge in [-0.05, 0) is 36.1 Å². The van der Waals surface area contributed by atoms with Crippen molar-refractivity contribution >= 4 is 24.0 Å². The van der Waals surface area contributed by atoms with Crippen LogP contribution in [0.15, 0.2) is 54.6 Å². The third-order valence-corrected chi connectivity index (χ3v) is 4.79. The highest BCUT2D eigenvalue weighted by Gasteiger charge is 2.35. The van der Waals surface area contributed by atoms with Crippen molar-refractivity contribution in [1.82, 2.24) is 0 Å². The molecule has 3 rings (SSSR count). The molecule has 1 aliphatic carbocycles. The molecule has 2 aromatic carbocycles. The Bertz CT molecular complexity index is 683. The molecule has 0 aliphatic heterocycles. The Morgan fingerprint density at radius 2 is 1.50 bits per heavy atom. The predicted octanol–water partition coefficient (Wildman–Crippen LogP) is 4.43. The van der Waals surface area contributed by atoms with Crippen LogP contribution in [0, 0.1) is 0 Å². The molecule has 0 radical (unpaired) electrons. The van der Waals surface area contributed by atoms with Crippen molar-refractivity contribution in [2.45, 2.75) is 50.9 Å². The summed E-state index contributed by atoms with van der Waals surface area (Å²) < 4.78 is 5.73. The van der Waals surface area contributed by atoms with Gasteiger partial charge in [-0.15, -0.1) is 12.4 Å². The first-order valence-electron chi connectivity index (χ1n) is 8.97. The summed E-state index contributed by atoms with van der Waals surface area (Å²) in [6.45, 7) is 1.14. The highest BCUT2D eigenvalue weighted by Crippen LogP contribution is 2.27. The van der Waals surface area contributed by atoms with Gasteiger partial charge in [-0.1, -0.05) is 61.7 Å². The lowest BCUT2D eigenvalue weighted by molar-refractivity contribution is -0.122. The Morgan fingerprint density at radius 3 is 2.12 bits per heavy atom. The maximum Gasteiger partial charge on any atom is 0.244 e. The number of nitrogens with two attached hydrogens (primary N) is 1. The first-order chi connectivity index (χ1) is 12.2. The molecule has 1 saturated carbocycles. The van der Waals surface area contributed by atoms with Crippen LogP contribution in [-0.2, 0) is 22.7 Å². The van der Waals surface area contributed by atoms with E-state index in [9.17, 15) is 4.79 Å². The molecule has 0 unspecified atom stereocenters. The molecule has 0 atom stereocenters. The average molecular weight is 375 g/mol. The Hall–Kier alpha value is -1.88. The van der Waals surface area contributed by atoms with E-state index in [4.69, 9.17) is 10.5 Å². The van der Waals surface area contributed by atoms with Crippen molar-refractivity contribution in [3.63, 3.8) is 0 Å². The molecule has 1 amide bonds. The molecule has 0 aromatic heterocycles. The third kappa shape index (κ3) is 5.56. The molecule has 5 heteroatoms. The van der Waals surface area contributed by atoms with Gasteiger partial charge in [0.15, 0.2) is 0 Å². The zero-order valence-electron chi connectivity index (χ0n) is 14.9. The second-order valence-electron chi connectivity index (χ2n) is 6.85. The summed E-state index contributed by atoms with van der Waals surface area (Å²) in [5, 5.41) is 2.96. The molecule has 0 saturated heterocycles. The highest BCUT2D eigenvalue weighted by atomic mass is 35.5. The average Bonchev–Trinajstić information content (AvgIpc) is 2.65. The largest absolute Gasteiger partial charge is 0.372 e. The van der Waals surface area contributed by atoms with E-state index in [0.717, 1.165) is 42.5 Å². The molecule has 1 aliphatic rings. The minimum atomic E-state index is -0.713. The first-order valence-corrected chi connectivity index (χ1v) is 8.97. The van der Waals surface area contributed by atoms with E-state index in [1.165, 1.54) is 6.42 Å². The van der Waals surface area contributed by atoms with Crippen LogP contribution in [0.25, 0.3) is 0 Å². The molecule has 0 heterocycles.